The minimum absolute atomic E-state index is 0.257. The normalized spacial score (nSPS) is 16.8. The van der Waals surface area contributed by atoms with Crippen molar-refractivity contribution < 1.29 is 4.39 Å². The molecular formula is C19H20FN7. The number of halogens is 1. The Morgan fingerprint density at radius 1 is 1.15 bits per heavy atom. The van der Waals surface area contributed by atoms with E-state index in [1.807, 2.05) is 23.0 Å². The van der Waals surface area contributed by atoms with Gasteiger partial charge in [-0.2, -0.15) is 4.98 Å². The standard InChI is InChI=1S/C19H20FN7/c20-19(4-2-1-3-5-19)12-25-17-23-10-15-14(9-22-16(15)26-17)13-8-24-18-21-6-7-27(18)11-13/h6-11H,1-5,12H2,(H2,22,23,25,26). The van der Waals surface area contributed by atoms with Gasteiger partial charge in [-0.1, -0.05) is 19.3 Å². The Labute approximate surface area is 155 Å². The van der Waals surface area contributed by atoms with Crippen molar-refractivity contribution in [3.05, 3.63) is 37.2 Å². The van der Waals surface area contributed by atoms with Gasteiger partial charge in [-0.25, -0.2) is 19.3 Å². The first-order valence-corrected chi connectivity index (χ1v) is 9.26. The third-order valence-corrected chi connectivity index (χ3v) is 5.30. The zero-order valence-corrected chi connectivity index (χ0v) is 14.8. The zero-order valence-electron chi connectivity index (χ0n) is 14.8. The first-order valence-electron chi connectivity index (χ1n) is 9.26. The van der Waals surface area contributed by atoms with Gasteiger partial charge in [0.1, 0.15) is 11.3 Å². The van der Waals surface area contributed by atoms with Crippen LogP contribution in [0.2, 0.25) is 0 Å². The van der Waals surface area contributed by atoms with Gasteiger partial charge in [0.15, 0.2) is 0 Å². The van der Waals surface area contributed by atoms with Crippen LogP contribution in [0.4, 0.5) is 10.3 Å². The Kier molecular flexibility index (Phi) is 3.77. The first kappa shape index (κ1) is 16.2. The molecule has 138 valence electrons. The third kappa shape index (κ3) is 3.01. The van der Waals surface area contributed by atoms with E-state index in [4.69, 9.17) is 0 Å². The highest BCUT2D eigenvalue weighted by atomic mass is 19.1. The summed E-state index contributed by atoms with van der Waals surface area (Å²) >= 11 is 0. The van der Waals surface area contributed by atoms with Gasteiger partial charge < -0.3 is 10.3 Å². The number of nitrogens with one attached hydrogen (secondary N) is 2. The van der Waals surface area contributed by atoms with Crippen LogP contribution in [-0.2, 0) is 0 Å². The van der Waals surface area contributed by atoms with Crippen LogP contribution in [-0.4, -0.2) is 41.5 Å². The summed E-state index contributed by atoms with van der Waals surface area (Å²) in [6.07, 6.45) is 15.2. The fourth-order valence-electron chi connectivity index (χ4n) is 3.79. The molecular weight excluding hydrogens is 345 g/mol. The zero-order chi connectivity index (χ0) is 18.3. The summed E-state index contributed by atoms with van der Waals surface area (Å²) in [6, 6.07) is 0. The van der Waals surface area contributed by atoms with E-state index >= 15 is 0 Å². The second-order valence-electron chi connectivity index (χ2n) is 7.20. The molecule has 1 aliphatic carbocycles. The Morgan fingerprint density at radius 3 is 2.93 bits per heavy atom. The van der Waals surface area contributed by atoms with E-state index < -0.39 is 5.67 Å². The summed E-state index contributed by atoms with van der Waals surface area (Å²) in [6.45, 7) is 0.257. The number of nitrogens with zero attached hydrogens (tertiary/aromatic N) is 5. The van der Waals surface area contributed by atoms with Crippen LogP contribution in [0.5, 0.6) is 0 Å². The van der Waals surface area contributed by atoms with E-state index in [-0.39, 0.29) is 6.54 Å². The molecule has 0 spiro atoms. The summed E-state index contributed by atoms with van der Waals surface area (Å²) in [4.78, 5) is 20.6. The molecule has 0 aromatic carbocycles. The number of rotatable bonds is 4. The topological polar surface area (TPSA) is 83.8 Å². The minimum atomic E-state index is -1.15. The summed E-state index contributed by atoms with van der Waals surface area (Å²) in [5, 5.41) is 3.97. The number of hydrogen-bond donors (Lipinski definition) is 2. The quantitative estimate of drug-likeness (QED) is 0.575. The Morgan fingerprint density at radius 2 is 2.04 bits per heavy atom. The Hall–Kier alpha value is -3.03. The van der Waals surface area contributed by atoms with Gasteiger partial charge in [0.25, 0.3) is 0 Å². The molecule has 1 fully saturated rings. The first-order chi connectivity index (χ1) is 13.2. The molecule has 1 aliphatic rings. The van der Waals surface area contributed by atoms with Crippen molar-refractivity contribution in [3.63, 3.8) is 0 Å². The molecule has 0 unspecified atom stereocenters. The van der Waals surface area contributed by atoms with E-state index in [1.165, 1.54) is 0 Å². The van der Waals surface area contributed by atoms with Crippen LogP contribution in [0.25, 0.3) is 27.9 Å². The van der Waals surface area contributed by atoms with Gasteiger partial charge >= 0.3 is 0 Å². The predicted molar refractivity (Wildman–Crippen MR) is 101 cm³/mol. The summed E-state index contributed by atoms with van der Waals surface area (Å²) < 4.78 is 16.6. The fourth-order valence-corrected chi connectivity index (χ4v) is 3.79. The van der Waals surface area contributed by atoms with Crippen molar-refractivity contribution in [1.29, 1.82) is 0 Å². The maximum atomic E-state index is 14.8. The fraction of sp³-hybridized carbons (Fsp3) is 0.368. The van der Waals surface area contributed by atoms with E-state index in [1.54, 1.807) is 18.6 Å². The smallest absolute Gasteiger partial charge is 0.233 e. The van der Waals surface area contributed by atoms with Crippen LogP contribution in [0, 0.1) is 0 Å². The largest absolute Gasteiger partial charge is 0.351 e. The molecule has 0 radical (unpaired) electrons. The molecule has 7 nitrogen and oxygen atoms in total. The summed E-state index contributed by atoms with van der Waals surface area (Å²) in [5.74, 6) is 1.10. The summed E-state index contributed by atoms with van der Waals surface area (Å²) in [5.41, 5.74) is 1.48. The second-order valence-corrected chi connectivity index (χ2v) is 7.20. The number of imidazole rings is 1. The van der Waals surface area contributed by atoms with Crippen LogP contribution >= 0.6 is 0 Å². The van der Waals surface area contributed by atoms with Crippen LogP contribution in [0.15, 0.2) is 37.2 Å². The van der Waals surface area contributed by atoms with Crippen LogP contribution in [0.1, 0.15) is 32.1 Å². The van der Waals surface area contributed by atoms with Crippen molar-refractivity contribution in [1.82, 2.24) is 29.3 Å². The number of anilines is 1. The Bertz CT molecular complexity index is 1090. The maximum absolute atomic E-state index is 14.8. The van der Waals surface area contributed by atoms with E-state index in [0.29, 0.717) is 30.2 Å². The highest BCUT2D eigenvalue weighted by Crippen LogP contribution is 2.32. The molecule has 0 saturated heterocycles. The van der Waals surface area contributed by atoms with Crippen molar-refractivity contribution in [2.24, 2.45) is 0 Å². The minimum Gasteiger partial charge on any atom is -0.351 e. The molecule has 0 atom stereocenters. The molecule has 2 N–H and O–H groups in total. The van der Waals surface area contributed by atoms with Gasteiger partial charge in [0.2, 0.25) is 11.7 Å². The number of fused-ring (bicyclic) bond motifs is 2. The number of aromatic nitrogens is 6. The molecule has 4 heterocycles. The molecule has 0 aliphatic heterocycles. The SMILES string of the molecule is FC1(CNc2ncc3c(-c4cnc5nccn5c4)c[nH]c3n2)CCCCC1. The molecule has 0 amide bonds. The molecule has 5 rings (SSSR count). The number of H-pyrrole nitrogens is 1. The number of alkyl halides is 1. The molecule has 4 aromatic heterocycles. The van der Waals surface area contributed by atoms with E-state index in [9.17, 15) is 4.39 Å². The van der Waals surface area contributed by atoms with E-state index in [2.05, 4.69) is 30.2 Å². The van der Waals surface area contributed by atoms with Gasteiger partial charge in [-0.05, 0) is 12.8 Å². The van der Waals surface area contributed by atoms with Gasteiger partial charge in [0.05, 0.1) is 6.54 Å². The van der Waals surface area contributed by atoms with Gasteiger partial charge in [-0.15, -0.1) is 0 Å². The predicted octanol–water partition coefficient (Wildman–Crippen LogP) is 3.75. The highest BCUT2D eigenvalue weighted by molar-refractivity contribution is 5.93. The molecule has 4 aromatic rings. The molecule has 8 heteroatoms. The monoisotopic (exact) mass is 365 g/mol. The second kappa shape index (κ2) is 6.29. The lowest BCUT2D eigenvalue weighted by Gasteiger charge is -2.29. The van der Waals surface area contributed by atoms with Crippen molar-refractivity contribution in [2.45, 2.75) is 37.8 Å². The summed E-state index contributed by atoms with van der Waals surface area (Å²) in [7, 11) is 0. The maximum Gasteiger partial charge on any atom is 0.233 e. The highest BCUT2D eigenvalue weighted by Gasteiger charge is 2.31. The number of hydrogen-bond acceptors (Lipinski definition) is 5. The molecule has 0 bridgehead atoms. The van der Waals surface area contributed by atoms with Gasteiger partial charge in [0, 0.05) is 53.7 Å². The Balaban J connectivity index is 1.40. The lowest BCUT2D eigenvalue weighted by Crippen LogP contribution is -2.34. The van der Waals surface area contributed by atoms with Crippen LogP contribution < -0.4 is 5.32 Å². The van der Waals surface area contributed by atoms with Crippen molar-refractivity contribution >= 4 is 22.8 Å². The average Bonchev–Trinajstić information content (AvgIpc) is 3.32. The molecule has 27 heavy (non-hydrogen) atoms. The third-order valence-electron chi connectivity index (χ3n) is 5.30. The van der Waals surface area contributed by atoms with Crippen molar-refractivity contribution in [2.75, 3.05) is 11.9 Å². The number of aromatic amines is 1. The van der Waals surface area contributed by atoms with Crippen molar-refractivity contribution in [3.8, 4) is 11.1 Å². The molecule has 1 saturated carbocycles. The van der Waals surface area contributed by atoms with Gasteiger partial charge in [-0.3, -0.25) is 4.40 Å². The lowest BCUT2D eigenvalue weighted by atomic mass is 9.86. The van der Waals surface area contributed by atoms with E-state index in [0.717, 1.165) is 35.8 Å². The average molecular weight is 365 g/mol. The van der Waals surface area contributed by atoms with Crippen LogP contribution in [0.3, 0.4) is 0 Å². The lowest BCUT2D eigenvalue weighted by molar-refractivity contribution is 0.122.